The van der Waals surface area contributed by atoms with Crippen molar-refractivity contribution in [2.45, 2.75) is 44.6 Å². The maximum absolute atomic E-state index is 13.4. The standard InChI is InChI=1S/C17H24FN3O2.ClH/c1-12-5-6-13(11-14(12)18)15(22)20-9-10-21-16(23)17(19)7-3-2-4-8-17;/h5-6,11H,2-4,7-10,19H2,1H3,(H,20,22)(H,21,23);1H. The van der Waals surface area contributed by atoms with E-state index in [1.165, 1.54) is 6.07 Å². The van der Waals surface area contributed by atoms with Gasteiger partial charge in [-0.15, -0.1) is 12.4 Å². The fourth-order valence-corrected chi connectivity index (χ4v) is 2.77. The monoisotopic (exact) mass is 357 g/mol. The van der Waals surface area contributed by atoms with E-state index < -0.39 is 11.4 Å². The van der Waals surface area contributed by atoms with Gasteiger partial charge in [0.05, 0.1) is 5.54 Å². The predicted octanol–water partition coefficient (Wildman–Crippen LogP) is 2.06. The molecule has 0 unspecified atom stereocenters. The molecule has 7 heteroatoms. The Bertz CT molecular complexity index is 589. The van der Waals surface area contributed by atoms with Gasteiger partial charge in [-0.1, -0.05) is 25.3 Å². The van der Waals surface area contributed by atoms with Gasteiger partial charge in [-0.3, -0.25) is 9.59 Å². The Balaban J connectivity index is 0.00000288. The van der Waals surface area contributed by atoms with E-state index in [2.05, 4.69) is 10.6 Å². The van der Waals surface area contributed by atoms with Crippen LogP contribution in [0.15, 0.2) is 18.2 Å². The molecule has 0 aromatic heterocycles. The summed E-state index contributed by atoms with van der Waals surface area (Å²) in [4.78, 5) is 24.0. The Labute approximate surface area is 148 Å². The molecule has 1 fully saturated rings. The number of amides is 2. The van der Waals surface area contributed by atoms with Crippen LogP contribution in [0.2, 0.25) is 0 Å². The summed E-state index contributed by atoms with van der Waals surface area (Å²) in [5, 5.41) is 5.42. The molecule has 0 spiro atoms. The number of carbonyl (C=O) groups excluding carboxylic acids is 2. The number of nitrogens with one attached hydrogen (secondary N) is 2. The average molecular weight is 358 g/mol. The molecule has 24 heavy (non-hydrogen) atoms. The Hall–Kier alpha value is -1.66. The molecule has 1 aromatic rings. The molecular formula is C17H25ClFN3O2. The molecule has 0 atom stereocenters. The molecule has 1 aromatic carbocycles. The van der Waals surface area contributed by atoms with Crippen LogP contribution in [-0.4, -0.2) is 30.4 Å². The second-order valence-corrected chi connectivity index (χ2v) is 6.19. The number of rotatable bonds is 5. The van der Waals surface area contributed by atoms with Crippen molar-refractivity contribution in [3.05, 3.63) is 35.1 Å². The van der Waals surface area contributed by atoms with Crippen LogP contribution < -0.4 is 16.4 Å². The molecule has 0 radical (unpaired) electrons. The minimum absolute atomic E-state index is 0. The van der Waals surface area contributed by atoms with Gasteiger partial charge in [0.25, 0.3) is 5.91 Å². The van der Waals surface area contributed by atoms with Crippen LogP contribution >= 0.6 is 12.4 Å². The molecule has 0 saturated heterocycles. The Morgan fingerprint density at radius 2 is 1.79 bits per heavy atom. The Morgan fingerprint density at radius 1 is 1.17 bits per heavy atom. The highest BCUT2D eigenvalue weighted by Crippen LogP contribution is 2.25. The number of aryl methyl sites for hydroxylation is 1. The number of halogens is 2. The van der Waals surface area contributed by atoms with E-state index in [4.69, 9.17) is 5.73 Å². The Morgan fingerprint density at radius 3 is 2.42 bits per heavy atom. The Kier molecular flexibility index (Phi) is 7.63. The highest BCUT2D eigenvalue weighted by Gasteiger charge is 2.34. The molecule has 0 aliphatic heterocycles. The lowest BCUT2D eigenvalue weighted by atomic mass is 9.82. The first-order valence-corrected chi connectivity index (χ1v) is 8.04. The van der Waals surface area contributed by atoms with E-state index in [0.29, 0.717) is 24.9 Å². The van der Waals surface area contributed by atoms with Gasteiger partial charge < -0.3 is 16.4 Å². The number of nitrogens with two attached hydrogens (primary N) is 1. The molecule has 1 aliphatic rings. The van der Waals surface area contributed by atoms with Crippen molar-refractivity contribution in [2.24, 2.45) is 5.73 Å². The number of carbonyl (C=O) groups is 2. The highest BCUT2D eigenvalue weighted by atomic mass is 35.5. The summed E-state index contributed by atoms with van der Waals surface area (Å²) in [6.07, 6.45) is 4.47. The minimum atomic E-state index is -0.775. The zero-order valence-corrected chi connectivity index (χ0v) is 14.7. The summed E-state index contributed by atoms with van der Waals surface area (Å²) in [5.74, 6) is -0.931. The summed E-state index contributed by atoms with van der Waals surface area (Å²) < 4.78 is 13.4. The normalized spacial score (nSPS) is 16.0. The van der Waals surface area contributed by atoms with Crippen molar-refractivity contribution in [3.8, 4) is 0 Å². The summed E-state index contributed by atoms with van der Waals surface area (Å²) in [6.45, 7) is 2.22. The fourth-order valence-electron chi connectivity index (χ4n) is 2.77. The SMILES string of the molecule is Cc1ccc(C(=O)NCCNC(=O)C2(N)CCCCC2)cc1F.Cl. The highest BCUT2D eigenvalue weighted by molar-refractivity contribution is 5.94. The zero-order valence-electron chi connectivity index (χ0n) is 13.9. The van der Waals surface area contributed by atoms with Crippen LogP contribution in [-0.2, 0) is 4.79 Å². The van der Waals surface area contributed by atoms with Crippen molar-refractivity contribution in [1.82, 2.24) is 10.6 Å². The van der Waals surface area contributed by atoms with Crippen LogP contribution in [0.25, 0.3) is 0 Å². The first-order valence-electron chi connectivity index (χ1n) is 8.04. The molecule has 0 bridgehead atoms. The molecule has 2 rings (SSSR count). The average Bonchev–Trinajstić information content (AvgIpc) is 2.54. The van der Waals surface area contributed by atoms with Gasteiger partial charge in [-0.05, 0) is 37.5 Å². The lowest BCUT2D eigenvalue weighted by molar-refractivity contribution is -0.127. The summed E-state index contributed by atoms with van der Waals surface area (Å²) in [5.41, 5.74) is 6.11. The third-order valence-electron chi connectivity index (χ3n) is 4.33. The van der Waals surface area contributed by atoms with Gasteiger partial charge >= 0.3 is 0 Å². The van der Waals surface area contributed by atoms with Crippen LogP contribution in [0.5, 0.6) is 0 Å². The van der Waals surface area contributed by atoms with Crippen LogP contribution in [0.3, 0.4) is 0 Å². The first-order chi connectivity index (χ1) is 10.9. The van der Waals surface area contributed by atoms with E-state index in [0.717, 1.165) is 19.3 Å². The molecular weight excluding hydrogens is 333 g/mol. The molecule has 5 nitrogen and oxygen atoms in total. The molecule has 134 valence electrons. The van der Waals surface area contributed by atoms with Gasteiger partial charge in [0.2, 0.25) is 5.91 Å². The van der Waals surface area contributed by atoms with Crippen molar-refractivity contribution >= 4 is 24.2 Å². The lowest BCUT2D eigenvalue weighted by Gasteiger charge is -2.31. The van der Waals surface area contributed by atoms with Gasteiger partial charge in [0, 0.05) is 18.7 Å². The van der Waals surface area contributed by atoms with Gasteiger partial charge in [-0.2, -0.15) is 0 Å². The van der Waals surface area contributed by atoms with Crippen molar-refractivity contribution in [3.63, 3.8) is 0 Å². The molecule has 4 N–H and O–H groups in total. The van der Waals surface area contributed by atoms with Gasteiger partial charge in [-0.25, -0.2) is 4.39 Å². The maximum Gasteiger partial charge on any atom is 0.251 e. The summed E-state index contributed by atoms with van der Waals surface area (Å²) >= 11 is 0. The van der Waals surface area contributed by atoms with Gasteiger partial charge in [0.15, 0.2) is 0 Å². The number of hydrogen-bond acceptors (Lipinski definition) is 3. The van der Waals surface area contributed by atoms with Gasteiger partial charge in [0.1, 0.15) is 5.82 Å². The second-order valence-electron chi connectivity index (χ2n) is 6.19. The predicted molar refractivity (Wildman–Crippen MR) is 93.7 cm³/mol. The molecule has 1 aliphatic carbocycles. The third kappa shape index (κ3) is 5.18. The van der Waals surface area contributed by atoms with E-state index in [1.807, 2.05) is 0 Å². The largest absolute Gasteiger partial charge is 0.353 e. The first kappa shape index (κ1) is 20.4. The molecule has 2 amide bonds. The molecule has 0 heterocycles. The fraction of sp³-hybridized carbons (Fsp3) is 0.529. The minimum Gasteiger partial charge on any atom is -0.353 e. The van der Waals surface area contributed by atoms with Crippen molar-refractivity contribution in [2.75, 3.05) is 13.1 Å². The van der Waals surface area contributed by atoms with Crippen LogP contribution in [0, 0.1) is 12.7 Å². The van der Waals surface area contributed by atoms with Crippen LogP contribution in [0.4, 0.5) is 4.39 Å². The lowest BCUT2D eigenvalue weighted by Crippen LogP contribution is -2.55. The summed E-state index contributed by atoms with van der Waals surface area (Å²) in [6, 6.07) is 4.34. The van der Waals surface area contributed by atoms with E-state index >= 15 is 0 Å². The molecule has 1 saturated carbocycles. The maximum atomic E-state index is 13.4. The third-order valence-corrected chi connectivity index (χ3v) is 4.33. The summed E-state index contributed by atoms with van der Waals surface area (Å²) in [7, 11) is 0. The number of hydrogen-bond donors (Lipinski definition) is 3. The quantitative estimate of drug-likeness (QED) is 0.705. The second kappa shape index (κ2) is 8.99. The topological polar surface area (TPSA) is 84.2 Å². The van der Waals surface area contributed by atoms with Crippen molar-refractivity contribution < 1.29 is 14.0 Å². The van der Waals surface area contributed by atoms with Crippen molar-refractivity contribution in [1.29, 1.82) is 0 Å². The van der Waals surface area contributed by atoms with Crippen LogP contribution in [0.1, 0.15) is 48.0 Å². The number of benzene rings is 1. The van der Waals surface area contributed by atoms with E-state index in [-0.39, 0.29) is 36.3 Å². The van der Waals surface area contributed by atoms with E-state index in [9.17, 15) is 14.0 Å². The van der Waals surface area contributed by atoms with E-state index in [1.54, 1.807) is 19.1 Å². The zero-order chi connectivity index (χ0) is 16.9. The smallest absolute Gasteiger partial charge is 0.251 e.